The molecule has 0 bridgehead atoms. The molecule has 0 fully saturated rings. The van der Waals surface area contributed by atoms with Gasteiger partial charge in [0.1, 0.15) is 0 Å². The standard InChI is InChI=1S/C16H10.C6H8N2/c1-3-11-7-9-13-5-2-6-14-10-8-12(4-1)15(11)16(13)14;7-8-6-4-2-1-3-5-6/h1-10H;1-5,8H,7H2. The molecule has 0 saturated carbocycles. The molecule has 2 heteroatoms. The molecule has 0 aliphatic heterocycles. The maximum Gasteiger partial charge on any atom is 0.0485 e. The van der Waals surface area contributed by atoms with Crippen molar-refractivity contribution in [1.82, 2.24) is 0 Å². The normalized spacial score (nSPS) is 10.7. The first-order valence-electron chi connectivity index (χ1n) is 8.01. The average molecular weight is 310 g/mol. The van der Waals surface area contributed by atoms with E-state index >= 15 is 0 Å². The lowest BCUT2D eigenvalue weighted by Gasteiger charge is -2.09. The van der Waals surface area contributed by atoms with E-state index in [0.717, 1.165) is 5.69 Å². The van der Waals surface area contributed by atoms with Crippen LogP contribution in [-0.2, 0) is 0 Å². The second kappa shape index (κ2) is 6.19. The van der Waals surface area contributed by atoms with Gasteiger partial charge >= 0.3 is 0 Å². The van der Waals surface area contributed by atoms with Gasteiger partial charge in [-0.05, 0) is 44.5 Å². The van der Waals surface area contributed by atoms with Crippen LogP contribution in [0.15, 0.2) is 91.0 Å². The Bertz CT molecular complexity index is 954. The Morgan fingerprint density at radius 3 is 1.21 bits per heavy atom. The predicted molar refractivity (Wildman–Crippen MR) is 104 cm³/mol. The van der Waals surface area contributed by atoms with Crippen molar-refractivity contribution in [3.63, 3.8) is 0 Å². The van der Waals surface area contributed by atoms with Gasteiger partial charge in [0.05, 0.1) is 0 Å². The van der Waals surface area contributed by atoms with Crippen molar-refractivity contribution < 1.29 is 0 Å². The van der Waals surface area contributed by atoms with Gasteiger partial charge in [0.25, 0.3) is 0 Å². The first-order chi connectivity index (χ1) is 11.9. The predicted octanol–water partition coefficient (Wildman–Crippen LogP) is 5.56. The molecule has 116 valence electrons. The molecule has 0 heterocycles. The van der Waals surface area contributed by atoms with Crippen molar-refractivity contribution in [3.05, 3.63) is 91.0 Å². The second-order valence-corrected chi connectivity index (χ2v) is 5.80. The maximum atomic E-state index is 5.10. The van der Waals surface area contributed by atoms with E-state index in [2.05, 4.69) is 66.1 Å². The molecule has 0 radical (unpaired) electrons. The summed E-state index contributed by atoms with van der Waals surface area (Å²) in [4.78, 5) is 0. The third-order valence-electron chi connectivity index (χ3n) is 4.33. The van der Waals surface area contributed by atoms with Gasteiger partial charge in [-0.2, -0.15) is 0 Å². The van der Waals surface area contributed by atoms with Crippen LogP contribution in [0.4, 0.5) is 5.69 Å². The maximum absolute atomic E-state index is 5.10. The number of hydrogen-bond acceptors (Lipinski definition) is 2. The van der Waals surface area contributed by atoms with E-state index in [-0.39, 0.29) is 0 Å². The van der Waals surface area contributed by atoms with Crippen molar-refractivity contribution in [2.24, 2.45) is 5.84 Å². The SMILES string of the molecule is NNc1ccccc1.c1cc2ccc3cccc4ccc(c1)c2c34. The Labute approximate surface area is 140 Å². The van der Waals surface area contributed by atoms with E-state index in [1.54, 1.807) is 0 Å². The van der Waals surface area contributed by atoms with Crippen LogP contribution in [0.2, 0.25) is 0 Å². The number of anilines is 1. The van der Waals surface area contributed by atoms with Gasteiger partial charge in [-0.3, -0.25) is 5.84 Å². The smallest absolute Gasteiger partial charge is 0.0485 e. The summed E-state index contributed by atoms with van der Waals surface area (Å²) in [7, 11) is 0. The molecule has 0 saturated heterocycles. The summed E-state index contributed by atoms with van der Waals surface area (Å²) >= 11 is 0. The molecular formula is C22H18N2. The second-order valence-electron chi connectivity index (χ2n) is 5.80. The molecule has 0 unspecified atom stereocenters. The quantitative estimate of drug-likeness (QED) is 0.242. The Balaban J connectivity index is 0.000000155. The molecule has 5 aromatic rings. The number of hydrazine groups is 1. The largest absolute Gasteiger partial charge is 0.324 e. The number of nitrogens with two attached hydrogens (primary N) is 1. The van der Waals surface area contributed by atoms with E-state index in [9.17, 15) is 0 Å². The van der Waals surface area contributed by atoms with Crippen LogP contribution in [0, 0.1) is 0 Å². The topological polar surface area (TPSA) is 38.0 Å². The minimum Gasteiger partial charge on any atom is -0.324 e. The van der Waals surface area contributed by atoms with Crippen LogP contribution in [0.1, 0.15) is 0 Å². The Morgan fingerprint density at radius 2 is 0.875 bits per heavy atom. The molecule has 0 spiro atoms. The summed E-state index contributed by atoms with van der Waals surface area (Å²) in [5.74, 6) is 5.10. The van der Waals surface area contributed by atoms with Gasteiger partial charge in [-0.25, -0.2) is 0 Å². The number of para-hydroxylation sites is 1. The Kier molecular flexibility index (Phi) is 3.73. The highest BCUT2D eigenvalue weighted by atomic mass is 15.2. The third kappa shape index (κ3) is 2.53. The lowest BCUT2D eigenvalue weighted by Crippen LogP contribution is -2.05. The first kappa shape index (κ1) is 14.5. The molecular weight excluding hydrogens is 292 g/mol. The van der Waals surface area contributed by atoms with E-state index in [0.29, 0.717) is 0 Å². The van der Waals surface area contributed by atoms with E-state index in [1.807, 2.05) is 30.3 Å². The first-order valence-corrected chi connectivity index (χ1v) is 8.01. The summed E-state index contributed by atoms with van der Waals surface area (Å²) in [6, 6.07) is 31.5. The van der Waals surface area contributed by atoms with Gasteiger partial charge < -0.3 is 5.43 Å². The zero-order chi connectivity index (χ0) is 16.4. The fourth-order valence-corrected chi connectivity index (χ4v) is 3.20. The monoisotopic (exact) mass is 310 g/mol. The molecule has 0 atom stereocenters. The molecule has 5 rings (SSSR count). The minimum absolute atomic E-state index is 0.938. The molecule has 3 N–H and O–H groups in total. The highest BCUT2D eigenvalue weighted by molar-refractivity contribution is 6.22. The third-order valence-corrected chi connectivity index (χ3v) is 4.33. The molecule has 24 heavy (non-hydrogen) atoms. The summed E-state index contributed by atoms with van der Waals surface area (Å²) < 4.78 is 0. The van der Waals surface area contributed by atoms with Crippen molar-refractivity contribution in [1.29, 1.82) is 0 Å². The molecule has 0 aromatic heterocycles. The highest BCUT2D eigenvalue weighted by Gasteiger charge is 2.05. The van der Waals surface area contributed by atoms with Crippen LogP contribution in [-0.4, -0.2) is 0 Å². The zero-order valence-electron chi connectivity index (χ0n) is 13.2. The molecule has 0 amide bonds. The number of rotatable bonds is 1. The Hall–Kier alpha value is -3.10. The van der Waals surface area contributed by atoms with Crippen LogP contribution >= 0.6 is 0 Å². The van der Waals surface area contributed by atoms with E-state index < -0.39 is 0 Å². The van der Waals surface area contributed by atoms with Crippen LogP contribution < -0.4 is 11.3 Å². The molecule has 0 aliphatic rings. The lowest BCUT2D eigenvalue weighted by atomic mass is 9.95. The van der Waals surface area contributed by atoms with Crippen LogP contribution in [0.3, 0.4) is 0 Å². The van der Waals surface area contributed by atoms with Crippen molar-refractivity contribution in [3.8, 4) is 0 Å². The van der Waals surface area contributed by atoms with Gasteiger partial charge in [-0.1, -0.05) is 78.9 Å². The van der Waals surface area contributed by atoms with Gasteiger partial charge in [0.2, 0.25) is 0 Å². The van der Waals surface area contributed by atoms with Crippen molar-refractivity contribution >= 4 is 38.0 Å². The van der Waals surface area contributed by atoms with Crippen molar-refractivity contribution in [2.75, 3.05) is 5.43 Å². The van der Waals surface area contributed by atoms with E-state index in [4.69, 9.17) is 5.84 Å². The van der Waals surface area contributed by atoms with E-state index in [1.165, 1.54) is 32.3 Å². The summed E-state index contributed by atoms with van der Waals surface area (Å²) in [5.41, 5.74) is 3.46. The minimum atomic E-state index is 0.938. The van der Waals surface area contributed by atoms with Gasteiger partial charge in [0.15, 0.2) is 0 Å². The highest BCUT2D eigenvalue weighted by Crippen LogP contribution is 2.33. The lowest BCUT2D eigenvalue weighted by molar-refractivity contribution is 1.35. The zero-order valence-corrected chi connectivity index (χ0v) is 13.2. The number of benzene rings is 5. The fraction of sp³-hybridized carbons (Fsp3) is 0. The molecule has 0 aliphatic carbocycles. The molecule has 5 aromatic carbocycles. The summed E-state index contributed by atoms with van der Waals surface area (Å²) in [6.45, 7) is 0. The molecule has 2 nitrogen and oxygen atoms in total. The number of nitrogen functional groups attached to an aromatic ring is 1. The summed E-state index contributed by atoms with van der Waals surface area (Å²) in [5, 5.41) is 8.14. The Morgan fingerprint density at radius 1 is 0.458 bits per heavy atom. The summed E-state index contributed by atoms with van der Waals surface area (Å²) in [6.07, 6.45) is 0. The van der Waals surface area contributed by atoms with Gasteiger partial charge in [-0.15, -0.1) is 0 Å². The number of hydrogen-bond donors (Lipinski definition) is 2. The fourth-order valence-electron chi connectivity index (χ4n) is 3.20. The van der Waals surface area contributed by atoms with Crippen molar-refractivity contribution in [2.45, 2.75) is 0 Å². The average Bonchev–Trinajstić information content (AvgIpc) is 2.67. The van der Waals surface area contributed by atoms with Gasteiger partial charge in [0, 0.05) is 5.69 Å². The number of nitrogens with one attached hydrogen (secondary N) is 1. The van der Waals surface area contributed by atoms with Crippen LogP contribution in [0.5, 0.6) is 0 Å². The van der Waals surface area contributed by atoms with Crippen LogP contribution in [0.25, 0.3) is 32.3 Å².